The monoisotopic (exact) mass is 298 g/mol. The van der Waals surface area contributed by atoms with Gasteiger partial charge in [0.1, 0.15) is 0 Å². The maximum atomic E-state index is 8.99. The second kappa shape index (κ2) is 7.72. The SMILES string of the molecule is C=C/C=C(\C=C)C(=Nc1ccc(C#N)cc1C)c1ccccc1. The molecule has 0 fully saturated rings. The van der Waals surface area contributed by atoms with E-state index in [2.05, 4.69) is 19.2 Å². The summed E-state index contributed by atoms with van der Waals surface area (Å²) in [5, 5.41) is 8.99. The van der Waals surface area contributed by atoms with Gasteiger partial charge in [-0.3, -0.25) is 0 Å². The molecule has 0 bridgehead atoms. The normalized spacial score (nSPS) is 11.7. The minimum Gasteiger partial charge on any atom is -0.248 e. The van der Waals surface area contributed by atoms with E-state index in [1.165, 1.54) is 0 Å². The molecule has 0 unspecified atom stereocenters. The van der Waals surface area contributed by atoms with Crippen LogP contribution in [0.4, 0.5) is 5.69 Å². The second-order valence-corrected chi connectivity index (χ2v) is 5.00. The maximum absolute atomic E-state index is 8.99. The fourth-order valence-electron chi connectivity index (χ4n) is 2.23. The van der Waals surface area contributed by atoms with Crippen molar-refractivity contribution in [3.05, 3.63) is 102 Å². The summed E-state index contributed by atoms with van der Waals surface area (Å²) in [4.78, 5) is 4.81. The number of benzene rings is 2. The zero-order chi connectivity index (χ0) is 16.7. The number of hydrogen-bond acceptors (Lipinski definition) is 2. The molecule has 0 aliphatic rings. The predicted molar refractivity (Wildman–Crippen MR) is 97.0 cm³/mol. The highest BCUT2D eigenvalue weighted by molar-refractivity contribution is 6.15. The van der Waals surface area contributed by atoms with Crippen molar-refractivity contribution in [1.29, 1.82) is 5.26 Å². The standard InChI is InChI=1S/C21H18N2/c1-4-9-18(5-2)21(19-10-7-6-8-11-19)23-20-13-12-17(15-22)14-16(20)3/h4-14H,1-2H2,3H3/b18-9+,23-21?. The van der Waals surface area contributed by atoms with Gasteiger partial charge in [-0.1, -0.05) is 61.7 Å². The highest BCUT2D eigenvalue weighted by atomic mass is 14.8. The van der Waals surface area contributed by atoms with Gasteiger partial charge in [0.25, 0.3) is 0 Å². The number of aliphatic imine (C=N–C) groups is 1. The average molecular weight is 298 g/mol. The van der Waals surface area contributed by atoms with Crippen molar-refractivity contribution in [3.63, 3.8) is 0 Å². The molecule has 2 aromatic carbocycles. The molecule has 0 saturated heterocycles. The minimum absolute atomic E-state index is 0.633. The molecule has 0 aromatic heterocycles. The molecular formula is C21H18N2. The molecular weight excluding hydrogens is 280 g/mol. The molecule has 0 aliphatic carbocycles. The maximum Gasteiger partial charge on any atom is 0.0991 e. The third-order valence-corrected chi connectivity index (χ3v) is 3.40. The van der Waals surface area contributed by atoms with Crippen LogP contribution in [0.5, 0.6) is 0 Å². The Morgan fingerprint density at radius 3 is 2.43 bits per heavy atom. The number of hydrogen-bond donors (Lipinski definition) is 0. The van der Waals surface area contributed by atoms with E-state index < -0.39 is 0 Å². The first-order valence-corrected chi connectivity index (χ1v) is 7.30. The fraction of sp³-hybridized carbons (Fsp3) is 0.0476. The second-order valence-electron chi connectivity index (χ2n) is 5.00. The van der Waals surface area contributed by atoms with Crippen molar-refractivity contribution in [2.24, 2.45) is 4.99 Å². The lowest BCUT2D eigenvalue weighted by Crippen LogP contribution is -2.03. The molecule has 23 heavy (non-hydrogen) atoms. The number of rotatable bonds is 5. The predicted octanol–water partition coefficient (Wildman–Crippen LogP) is 5.29. The van der Waals surface area contributed by atoms with Crippen molar-refractivity contribution < 1.29 is 0 Å². The fourth-order valence-corrected chi connectivity index (χ4v) is 2.23. The molecule has 2 rings (SSSR count). The van der Waals surface area contributed by atoms with Crippen LogP contribution < -0.4 is 0 Å². The molecule has 0 aliphatic heterocycles. The number of aryl methyl sites for hydroxylation is 1. The number of nitriles is 1. The first kappa shape index (κ1) is 16.2. The van der Waals surface area contributed by atoms with Crippen molar-refractivity contribution in [3.8, 4) is 6.07 Å². The smallest absolute Gasteiger partial charge is 0.0991 e. The molecule has 0 spiro atoms. The Kier molecular flexibility index (Phi) is 5.44. The Hall–Kier alpha value is -3.18. The summed E-state index contributed by atoms with van der Waals surface area (Å²) in [6, 6.07) is 17.6. The Balaban J connectivity index is 2.62. The summed E-state index contributed by atoms with van der Waals surface area (Å²) in [7, 11) is 0. The molecule has 0 saturated carbocycles. The van der Waals surface area contributed by atoms with Crippen LogP contribution in [0.1, 0.15) is 16.7 Å². The molecule has 2 nitrogen and oxygen atoms in total. The van der Waals surface area contributed by atoms with Crippen molar-refractivity contribution >= 4 is 11.4 Å². The van der Waals surface area contributed by atoms with Crippen molar-refractivity contribution in [2.75, 3.05) is 0 Å². The Morgan fingerprint density at radius 1 is 1.13 bits per heavy atom. The molecule has 0 heterocycles. The first-order chi connectivity index (χ1) is 11.2. The minimum atomic E-state index is 0.633. The van der Waals surface area contributed by atoms with Crippen LogP contribution in [0.3, 0.4) is 0 Å². The van der Waals surface area contributed by atoms with Gasteiger partial charge in [0.15, 0.2) is 0 Å². The quantitative estimate of drug-likeness (QED) is 0.546. The van der Waals surface area contributed by atoms with E-state index in [4.69, 9.17) is 10.3 Å². The van der Waals surface area contributed by atoms with Crippen molar-refractivity contribution in [1.82, 2.24) is 0 Å². The summed E-state index contributed by atoms with van der Waals surface area (Å²) in [5.74, 6) is 0. The van der Waals surface area contributed by atoms with Gasteiger partial charge in [-0.25, -0.2) is 4.99 Å². The van der Waals surface area contributed by atoms with Gasteiger partial charge >= 0.3 is 0 Å². The van der Waals surface area contributed by atoms with Crippen LogP contribution in [0, 0.1) is 18.3 Å². The zero-order valence-corrected chi connectivity index (χ0v) is 13.2. The Bertz CT molecular complexity index is 819. The third kappa shape index (κ3) is 3.93. The molecule has 0 atom stereocenters. The van der Waals surface area contributed by atoms with Gasteiger partial charge in [-0.05, 0) is 30.7 Å². The van der Waals surface area contributed by atoms with Gasteiger partial charge < -0.3 is 0 Å². The number of nitrogens with zero attached hydrogens (tertiary/aromatic N) is 2. The Morgan fingerprint density at radius 2 is 1.87 bits per heavy atom. The van der Waals surface area contributed by atoms with Crippen molar-refractivity contribution in [2.45, 2.75) is 6.92 Å². The molecule has 0 amide bonds. The molecule has 112 valence electrons. The van der Waals surface area contributed by atoms with Gasteiger partial charge in [0.05, 0.1) is 23.0 Å². The van der Waals surface area contributed by atoms with Crippen LogP contribution in [0.15, 0.2) is 90.5 Å². The van der Waals surface area contributed by atoms with Crippen LogP contribution in [0.2, 0.25) is 0 Å². The zero-order valence-electron chi connectivity index (χ0n) is 13.2. The van der Waals surface area contributed by atoms with Gasteiger partial charge in [-0.2, -0.15) is 5.26 Å². The average Bonchev–Trinajstić information content (AvgIpc) is 2.59. The van der Waals surface area contributed by atoms with E-state index in [1.807, 2.05) is 55.5 Å². The highest BCUT2D eigenvalue weighted by Gasteiger charge is 2.08. The highest BCUT2D eigenvalue weighted by Crippen LogP contribution is 2.23. The van der Waals surface area contributed by atoms with Crippen LogP contribution >= 0.6 is 0 Å². The summed E-state index contributed by atoms with van der Waals surface area (Å²) < 4.78 is 0. The van der Waals surface area contributed by atoms with E-state index in [-0.39, 0.29) is 0 Å². The van der Waals surface area contributed by atoms with Crippen LogP contribution in [-0.2, 0) is 0 Å². The molecule has 0 N–H and O–H groups in total. The number of allylic oxidation sites excluding steroid dienone is 4. The van der Waals surface area contributed by atoms with E-state index >= 15 is 0 Å². The first-order valence-electron chi connectivity index (χ1n) is 7.30. The topological polar surface area (TPSA) is 36.1 Å². The molecule has 2 heteroatoms. The summed E-state index contributed by atoms with van der Waals surface area (Å²) >= 11 is 0. The summed E-state index contributed by atoms with van der Waals surface area (Å²) in [5.41, 5.74) is 5.15. The summed E-state index contributed by atoms with van der Waals surface area (Å²) in [6.45, 7) is 9.59. The Labute approximate surface area is 137 Å². The van der Waals surface area contributed by atoms with E-state index in [0.717, 1.165) is 28.1 Å². The molecule has 2 aromatic rings. The van der Waals surface area contributed by atoms with Crippen LogP contribution in [-0.4, -0.2) is 5.71 Å². The van der Waals surface area contributed by atoms with Crippen LogP contribution in [0.25, 0.3) is 0 Å². The van der Waals surface area contributed by atoms with E-state index in [1.54, 1.807) is 18.2 Å². The van der Waals surface area contributed by atoms with E-state index in [0.29, 0.717) is 5.56 Å². The van der Waals surface area contributed by atoms with Gasteiger partial charge in [-0.15, -0.1) is 0 Å². The molecule has 0 radical (unpaired) electrons. The lowest BCUT2D eigenvalue weighted by atomic mass is 10.0. The van der Waals surface area contributed by atoms with E-state index in [9.17, 15) is 0 Å². The van der Waals surface area contributed by atoms with Gasteiger partial charge in [0, 0.05) is 11.1 Å². The lowest BCUT2D eigenvalue weighted by Gasteiger charge is -2.09. The van der Waals surface area contributed by atoms with Gasteiger partial charge in [0.2, 0.25) is 0 Å². The summed E-state index contributed by atoms with van der Waals surface area (Å²) in [6.07, 6.45) is 5.38. The largest absolute Gasteiger partial charge is 0.248 e. The third-order valence-electron chi connectivity index (χ3n) is 3.40. The lowest BCUT2D eigenvalue weighted by molar-refractivity contribution is 1.37.